The fourth-order valence-corrected chi connectivity index (χ4v) is 2.86. The monoisotopic (exact) mass is 293 g/mol. The third-order valence-electron chi connectivity index (χ3n) is 4.19. The van der Waals surface area contributed by atoms with Crippen molar-refractivity contribution >= 4 is 17.5 Å². The average Bonchev–Trinajstić information content (AvgIpc) is 2.69. The normalized spacial score (nSPS) is 22.0. The predicted molar refractivity (Wildman–Crippen MR) is 89.1 cm³/mol. The Balaban J connectivity index is 2.03. The second kappa shape index (κ2) is 5.11. The maximum atomic E-state index is 12.6. The first-order chi connectivity index (χ1) is 10.4. The van der Waals surface area contributed by atoms with E-state index in [-0.39, 0.29) is 5.78 Å². The maximum absolute atomic E-state index is 12.6. The Morgan fingerprint density at radius 3 is 2.27 bits per heavy atom. The van der Waals surface area contributed by atoms with Crippen molar-refractivity contribution in [3.05, 3.63) is 70.8 Å². The summed E-state index contributed by atoms with van der Waals surface area (Å²) in [6.45, 7) is 1.68. The van der Waals surface area contributed by atoms with E-state index in [9.17, 15) is 9.90 Å². The molecule has 2 aromatic carbocycles. The zero-order valence-corrected chi connectivity index (χ0v) is 13.0. The zero-order valence-electron chi connectivity index (χ0n) is 13.0. The van der Waals surface area contributed by atoms with E-state index in [1.807, 2.05) is 61.5 Å². The van der Waals surface area contributed by atoms with Crippen LogP contribution in [0.2, 0.25) is 0 Å². The minimum atomic E-state index is -1.24. The summed E-state index contributed by atoms with van der Waals surface area (Å²) >= 11 is 0. The third-order valence-corrected chi connectivity index (χ3v) is 4.19. The van der Waals surface area contributed by atoms with E-state index in [1.165, 1.54) is 0 Å². The van der Waals surface area contributed by atoms with Crippen molar-refractivity contribution in [3.8, 4) is 0 Å². The van der Waals surface area contributed by atoms with Crippen molar-refractivity contribution in [2.75, 3.05) is 19.0 Å². The number of rotatable bonds is 2. The summed E-state index contributed by atoms with van der Waals surface area (Å²) in [5.41, 5.74) is 2.44. The van der Waals surface area contributed by atoms with Crippen LogP contribution in [0.4, 0.5) is 5.69 Å². The molecule has 1 aliphatic rings. The van der Waals surface area contributed by atoms with Gasteiger partial charge in [-0.3, -0.25) is 4.79 Å². The molecular formula is C19H19NO2. The largest absolute Gasteiger partial charge is 0.381 e. The van der Waals surface area contributed by atoms with Crippen molar-refractivity contribution in [2.24, 2.45) is 0 Å². The smallest absolute Gasteiger partial charge is 0.192 e. The zero-order chi connectivity index (χ0) is 15.9. The lowest BCUT2D eigenvalue weighted by molar-refractivity contribution is 0.0877. The van der Waals surface area contributed by atoms with Gasteiger partial charge in [0.1, 0.15) is 5.60 Å². The highest BCUT2D eigenvalue weighted by atomic mass is 16.3. The molecular weight excluding hydrogens is 274 g/mol. The van der Waals surface area contributed by atoms with E-state index in [4.69, 9.17) is 0 Å². The Hall–Kier alpha value is -2.39. The van der Waals surface area contributed by atoms with Crippen LogP contribution in [0, 0.1) is 0 Å². The lowest BCUT2D eigenvalue weighted by Gasteiger charge is -2.19. The lowest BCUT2D eigenvalue weighted by Crippen LogP contribution is -2.20. The summed E-state index contributed by atoms with van der Waals surface area (Å²) in [6, 6.07) is 15.1. The van der Waals surface area contributed by atoms with Crippen LogP contribution in [-0.4, -0.2) is 25.0 Å². The van der Waals surface area contributed by atoms with Crippen molar-refractivity contribution in [3.63, 3.8) is 0 Å². The van der Waals surface area contributed by atoms with Gasteiger partial charge < -0.3 is 10.0 Å². The molecule has 1 atom stereocenters. The first kappa shape index (κ1) is 14.5. The first-order valence-electron chi connectivity index (χ1n) is 7.27. The average molecular weight is 293 g/mol. The van der Waals surface area contributed by atoms with Crippen LogP contribution >= 0.6 is 0 Å². The quantitative estimate of drug-likeness (QED) is 0.864. The Morgan fingerprint density at radius 1 is 1.05 bits per heavy atom. The van der Waals surface area contributed by atoms with Crippen LogP contribution < -0.4 is 4.90 Å². The maximum Gasteiger partial charge on any atom is 0.192 e. The molecule has 2 aromatic rings. The lowest BCUT2D eigenvalue weighted by atomic mass is 9.93. The molecule has 112 valence electrons. The van der Waals surface area contributed by atoms with Crippen LogP contribution in [0.3, 0.4) is 0 Å². The number of Topliss-reactive ketones (excluding diaryl/α,β-unsaturated/α-hetero) is 1. The van der Waals surface area contributed by atoms with Crippen LogP contribution in [0.5, 0.6) is 0 Å². The third kappa shape index (κ3) is 2.24. The molecule has 0 aliphatic heterocycles. The van der Waals surface area contributed by atoms with Gasteiger partial charge in [-0.15, -0.1) is 0 Å². The topological polar surface area (TPSA) is 40.5 Å². The molecule has 3 heteroatoms. The molecule has 22 heavy (non-hydrogen) atoms. The van der Waals surface area contributed by atoms with Gasteiger partial charge in [-0.25, -0.2) is 0 Å². The molecule has 0 saturated heterocycles. The number of fused-ring (bicyclic) bond motifs is 1. The Bertz CT molecular complexity index is 755. The van der Waals surface area contributed by atoms with Gasteiger partial charge >= 0.3 is 0 Å². The fraction of sp³-hybridized carbons (Fsp3) is 0.211. The minimum absolute atomic E-state index is 0.0997. The Morgan fingerprint density at radius 2 is 1.68 bits per heavy atom. The van der Waals surface area contributed by atoms with E-state index >= 15 is 0 Å². The van der Waals surface area contributed by atoms with Crippen LogP contribution in [0.1, 0.15) is 28.4 Å². The molecule has 0 fully saturated rings. The van der Waals surface area contributed by atoms with Crippen molar-refractivity contribution in [2.45, 2.75) is 12.5 Å². The number of ketones is 1. The molecule has 1 N–H and O–H groups in total. The van der Waals surface area contributed by atoms with Crippen molar-refractivity contribution < 1.29 is 9.90 Å². The molecule has 1 aliphatic carbocycles. The second-order valence-electron chi connectivity index (χ2n) is 5.99. The van der Waals surface area contributed by atoms with Gasteiger partial charge in [0.05, 0.1) is 0 Å². The minimum Gasteiger partial charge on any atom is -0.381 e. The van der Waals surface area contributed by atoms with Gasteiger partial charge in [0.25, 0.3) is 0 Å². The number of aliphatic hydroxyl groups is 1. The van der Waals surface area contributed by atoms with Gasteiger partial charge in [-0.2, -0.15) is 0 Å². The van der Waals surface area contributed by atoms with Gasteiger partial charge in [0.2, 0.25) is 0 Å². The summed E-state index contributed by atoms with van der Waals surface area (Å²) in [4.78, 5) is 14.6. The number of hydrogen-bond acceptors (Lipinski definition) is 3. The molecule has 0 saturated carbocycles. The van der Waals surface area contributed by atoms with Crippen LogP contribution in [0.15, 0.2) is 54.1 Å². The van der Waals surface area contributed by atoms with E-state index in [1.54, 1.807) is 19.1 Å². The molecule has 0 bridgehead atoms. The standard InChI is InChI=1S/C19H19NO2/c1-19(22)16-7-5-4-6-15(16)18(21)17(19)12-13-8-10-14(11-9-13)20(2)3/h4-12,22H,1-3H3/b17-12-. The van der Waals surface area contributed by atoms with Crippen LogP contribution in [-0.2, 0) is 5.60 Å². The number of anilines is 1. The SMILES string of the molecule is CN(C)c1ccc(/C=C2/C(=O)c3ccccc3C2(C)O)cc1. The van der Waals surface area contributed by atoms with Crippen molar-refractivity contribution in [1.82, 2.24) is 0 Å². The summed E-state index contributed by atoms with van der Waals surface area (Å²) in [7, 11) is 3.96. The molecule has 0 amide bonds. The molecule has 0 spiro atoms. The number of nitrogens with zero attached hydrogens (tertiary/aromatic N) is 1. The summed E-state index contributed by atoms with van der Waals surface area (Å²) in [5.74, 6) is -0.0997. The van der Waals surface area contributed by atoms with Gasteiger partial charge in [0.15, 0.2) is 5.78 Å². The van der Waals surface area contributed by atoms with E-state index in [2.05, 4.69) is 0 Å². The van der Waals surface area contributed by atoms with Gasteiger partial charge in [-0.1, -0.05) is 36.4 Å². The van der Waals surface area contributed by atoms with Gasteiger partial charge in [-0.05, 0) is 36.3 Å². The van der Waals surface area contributed by atoms with E-state index < -0.39 is 5.60 Å². The first-order valence-corrected chi connectivity index (χ1v) is 7.27. The summed E-state index contributed by atoms with van der Waals surface area (Å²) in [5, 5.41) is 10.8. The molecule has 0 radical (unpaired) electrons. The number of hydrogen-bond donors (Lipinski definition) is 1. The molecule has 0 heterocycles. The second-order valence-corrected chi connectivity index (χ2v) is 5.99. The summed E-state index contributed by atoms with van der Waals surface area (Å²) in [6.07, 6.45) is 1.78. The van der Waals surface area contributed by atoms with Crippen LogP contribution in [0.25, 0.3) is 6.08 Å². The van der Waals surface area contributed by atoms with E-state index in [0.29, 0.717) is 16.7 Å². The number of benzene rings is 2. The fourth-order valence-electron chi connectivity index (χ4n) is 2.86. The van der Waals surface area contributed by atoms with E-state index in [0.717, 1.165) is 11.3 Å². The van der Waals surface area contributed by atoms with Crippen molar-refractivity contribution in [1.29, 1.82) is 0 Å². The highest BCUT2D eigenvalue weighted by Crippen LogP contribution is 2.41. The number of carbonyl (C=O) groups excluding carboxylic acids is 1. The summed E-state index contributed by atoms with van der Waals surface area (Å²) < 4.78 is 0. The van der Waals surface area contributed by atoms with Gasteiger partial charge in [0, 0.05) is 30.9 Å². The molecule has 0 aromatic heterocycles. The number of carbonyl (C=O) groups is 1. The highest BCUT2D eigenvalue weighted by Gasteiger charge is 2.42. The Kier molecular flexibility index (Phi) is 3.38. The molecule has 3 rings (SSSR count). The highest BCUT2D eigenvalue weighted by molar-refractivity contribution is 6.17. The predicted octanol–water partition coefficient (Wildman–Crippen LogP) is 3.24. The molecule has 1 unspecified atom stereocenters. The molecule has 3 nitrogen and oxygen atoms in total. The Labute approximate surface area is 130 Å².